The van der Waals surface area contributed by atoms with Crippen molar-refractivity contribution in [3.8, 4) is 5.75 Å². The highest BCUT2D eigenvalue weighted by atomic mass is 35.5. The lowest BCUT2D eigenvalue weighted by Crippen LogP contribution is -1.99. The van der Waals surface area contributed by atoms with E-state index >= 15 is 0 Å². The standard InChI is InChI=1S/C10H12ClNO3S/c1-7(6-11)16-10-5-8(15-2)3-4-9(10)12(13)14/h3-5,7H,6H2,1-2H3. The van der Waals surface area contributed by atoms with Crippen LogP contribution in [0.15, 0.2) is 23.1 Å². The second kappa shape index (κ2) is 5.96. The molecule has 0 aliphatic heterocycles. The lowest BCUT2D eigenvalue weighted by atomic mass is 10.3. The van der Waals surface area contributed by atoms with Crippen molar-refractivity contribution in [2.75, 3.05) is 13.0 Å². The molecular formula is C10H12ClNO3S. The molecule has 4 nitrogen and oxygen atoms in total. The van der Waals surface area contributed by atoms with Gasteiger partial charge in [-0.2, -0.15) is 0 Å². The summed E-state index contributed by atoms with van der Waals surface area (Å²) in [5.74, 6) is 1.05. The summed E-state index contributed by atoms with van der Waals surface area (Å²) >= 11 is 7.06. The molecule has 0 N–H and O–H groups in total. The summed E-state index contributed by atoms with van der Waals surface area (Å²) in [6.45, 7) is 1.92. The Balaban J connectivity index is 3.05. The highest BCUT2D eigenvalue weighted by Crippen LogP contribution is 2.35. The lowest BCUT2D eigenvalue weighted by molar-refractivity contribution is -0.387. The second-order valence-corrected chi connectivity index (χ2v) is 4.96. The molecule has 1 atom stereocenters. The summed E-state index contributed by atoms with van der Waals surface area (Å²) in [5, 5.41) is 10.9. The van der Waals surface area contributed by atoms with Gasteiger partial charge in [-0.25, -0.2) is 0 Å². The third kappa shape index (κ3) is 3.28. The molecular weight excluding hydrogens is 250 g/mol. The highest BCUT2D eigenvalue weighted by Gasteiger charge is 2.17. The van der Waals surface area contributed by atoms with Crippen LogP contribution in [0.25, 0.3) is 0 Å². The van der Waals surface area contributed by atoms with Crippen molar-refractivity contribution in [2.45, 2.75) is 17.1 Å². The fraction of sp³-hybridized carbons (Fsp3) is 0.400. The van der Waals surface area contributed by atoms with Crippen molar-refractivity contribution in [2.24, 2.45) is 0 Å². The number of ether oxygens (including phenoxy) is 1. The van der Waals surface area contributed by atoms with E-state index in [1.54, 1.807) is 12.1 Å². The van der Waals surface area contributed by atoms with Gasteiger partial charge in [0, 0.05) is 23.3 Å². The van der Waals surface area contributed by atoms with E-state index in [2.05, 4.69) is 0 Å². The topological polar surface area (TPSA) is 52.4 Å². The molecule has 0 saturated carbocycles. The smallest absolute Gasteiger partial charge is 0.283 e. The minimum absolute atomic E-state index is 0.0859. The van der Waals surface area contributed by atoms with Crippen LogP contribution in [0.1, 0.15) is 6.92 Å². The lowest BCUT2D eigenvalue weighted by Gasteiger charge is -2.09. The number of rotatable bonds is 5. The molecule has 1 unspecified atom stereocenters. The number of hydrogen-bond donors (Lipinski definition) is 0. The van der Waals surface area contributed by atoms with Gasteiger partial charge in [-0.15, -0.1) is 23.4 Å². The van der Waals surface area contributed by atoms with Gasteiger partial charge in [0.15, 0.2) is 0 Å². The Morgan fingerprint density at radius 1 is 1.62 bits per heavy atom. The maximum atomic E-state index is 10.8. The first kappa shape index (κ1) is 13.1. The number of methoxy groups -OCH3 is 1. The molecule has 0 saturated heterocycles. The summed E-state index contributed by atoms with van der Waals surface area (Å²) in [5.41, 5.74) is 0.0859. The van der Waals surface area contributed by atoms with E-state index in [0.29, 0.717) is 16.5 Å². The van der Waals surface area contributed by atoms with E-state index < -0.39 is 4.92 Å². The van der Waals surface area contributed by atoms with Gasteiger partial charge in [0.1, 0.15) is 5.75 Å². The molecule has 0 spiro atoms. The Labute approximate surface area is 103 Å². The Morgan fingerprint density at radius 3 is 2.81 bits per heavy atom. The van der Waals surface area contributed by atoms with E-state index in [9.17, 15) is 10.1 Å². The first-order valence-electron chi connectivity index (χ1n) is 4.63. The Hall–Kier alpha value is -0.940. The number of hydrogen-bond acceptors (Lipinski definition) is 4. The van der Waals surface area contributed by atoms with Crippen LogP contribution in [0, 0.1) is 10.1 Å². The van der Waals surface area contributed by atoms with E-state index in [1.807, 2.05) is 6.92 Å². The maximum absolute atomic E-state index is 10.8. The molecule has 16 heavy (non-hydrogen) atoms. The van der Waals surface area contributed by atoms with Crippen LogP contribution in [0.5, 0.6) is 5.75 Å². The summed E-state index contributed by atoms with van der Waals surface area (Å²) < 4.78 is 5.04. The monoisotopic (exact) mass is 261 g/mol. The van der Waals surface area contributed by atoms with E-state index in [0.717, 1.165) is 0 Å². The predicted octanol–water partition coefficient (Wildman–Crippen LogP) is 3.32. The van der Waals surface area contributed by atoms with Crippen molar-refractivity contribution in [1.29, 1.82) is 0 Å². The molecule has 0 radical (unpaired) electrons. The number of nitrogens with zero attached hydrogens (tertiary/aromatic N) is 1. The van der Waals surface area contributed by atoms with E-state index in [-0.39, 0.29) is 10.9 Å². The molecule has 0 fully saturated rings. The SMILES string of the molecule is COc1ccc([N+](=O)[O-])c(SC(C)CCl)c1. The molecule has 1 aromatic rings. The van der Waals surface area contributed by atoms with Gasteiger partial charge in [-0.3, -0.25) is 10.1 Å². The molecule has 0 aromatic heterocycles. The quantitative estimate of drug-likeness (QED) is 0.353. The number of nitro groups is 1. The van der Waals surface area contributed by atoms with Gasteiger partial charge in [0.25, 0.3) is 5.69 Å². The van der Waals surface area contributed by atoms with Gasteiger partial charge in [-0.1, -0.05) is 6.92 Å². The van der Waals surface area contributed by atoms with Crippen LogP contribution in [-0.4, -0.2) is 23.2 Å². The third-order valence-electron chi connectivity index (χ3n) is 1.91. The van der Waals surface area contributed by atoms with Crippen molar-refractivity contribution in [1.82, 2.24) is 0 Å². The summed E-state index contributed by atoms with van der Waals surface area (Å²) in [4.78, 5) is 11.0. The van der Waals surface area contributed by atoms with Gasteiger partial charge < -0.3 is 4.74 Å². The van der Waals surface area contributed by atoms with Crippen LogP contribution in [0.3, 0.4) is 0 Å². The number of alkyl halides is 1. The first-order valence-corrected chi connectivity index (χ1v) is 6.05. The third-order valence-corrected chi connectivity index (χ3v) is 3.70. The summed E-state index contributed by atoms with van der Waals surface area (Å²) in [6.07, 6.45) is 0. The molecule has 0 bridgehead atoms. The van der Waals surface area contributed by atoms with E-state index in [4.69, 9.17) is 16.3 Å². The van der Waals surface area contributed by atoms with Gasteiger partial charge in [0.2, 0.25) is 0 Å². The van der Waals surface area contributed by atoms with Crippen molar-refractivity contribution in [3.05, 3.63) is 28.3 Å². The molecule has 0 heterocycles. The van der Waals surface area contributed by atoms with Gasteiger partial charge >= 0.3 is 0 Å². The largest absolute Gasteiger partial charge is 0.497 e. The number of halogens is 1. The number of nitro benzene ring substituents is 1. The molecule has 0 amide bonds. The van der Waals surface area contributed by atoms with Gasteiger partial charge in [-0.05, 0) is 6.07 Å². The maximum Gasteiger partial charge on any atom is 0.283 e. The molecule has 88 valence electrons. The molecule has 0 aliphatic rings. The molecule has 6 heteroatoms. The van der Waals surface area contributed by atoms with Crippen LogP contribution in [0.2, 0.25) is 0 Å². The summed E-state index contributed by atoms with van der Waals surface area (Å²) in [7, 11) is 1.53. The van der Waals surface area contributed by atoms with E-state index in [1.165, 1.54) is 24.9 Å². The Bertz CT molecular complexity index is 386. The molecule has 1 aromatic carbocycles. The zero-order valence-electron chi connectivity index (χ0n) is 8.97. The predicted molar refractivity (Wildman–Crippen MR) is 65.7 cm³/mol. The fourth-order valence-corrected chi connectivity index (χ4v) is 2.25. The average Bonchev–Trinajstić information content (AvgIpc) is 2.28. The molecule has 1 rings (SSSR count). The van der Waals surface area contributed by atoms with Crippen LogP contribution < -0.4 is 4.74 Å². The second-order valence-electron chi connectivity index (χ2n) is 3.17. The van der Waals surface area contributed by atoms with Crippen LogP contribution in [-0.2, 0) is 0 Å². The summed E-state index contributed by atoms with van der Waals surface area (Å²) in [6, 6.07) is 4.68. The minimum atomic E-state index is -0.400. The van der Waals surface area contributed by atoms with Crippen molar-refractivity contribution >= 4 is 29.1 Å². The number of benzene rings is 1. The Morgan fingerprint density at radius 2 is 2.31 bits per heavy atom. The van der Waals surface area contributed by atoms with Crippen LogP contribution in [0.4, 0.5) is 5.69 Å². The van der Waals surface area contributed by atoms with Crippen molar-refractivity contribution in [3.63, 3.8) is 0 Å². The normalized spacial score (nSPS) is 12.2. The fourth-order valence-electron chi connectivity index (χ4n) is 1.11. The average molecular weight is 262 g/mol. The number of thioether (sulfide) groups is 1. The minimum Gasteiger partial charge on any atom is -0.497 e. The van der Waals surface area contributed by atoms with Crippen LogP contribution >= 0.6 is 23.4 Å². The van der Waals surface area contributed by atoms with Crippen molar-refractivity contribution < 1.29 is 9.66 Å². The highest BCUT2D eigenvalue weighted by molar-refractivity contribution is 8.00. The Kier molecular flexibility index (Phi) is 4.89. The van der Waals surface area contributed by atoms with Gasteiger partial charge in [0.05, 0.1) is 16.9 Å². The molecule has 0 aliphatic carbocycles. The zero-order chi connectivity index (χ0) is 12.1. The zero-order valence-corrected chi connectivity index (χ0v) is 10.5. The first-order chi connectivity index (χ1) is 7.58.